The van der Waals surface area contributed by atoms with E-state index < -0.39 is 5.97 Å². The maximum absolute atomic E-state index is 12.0. The van der Waals surface area contributed by atoms with Crippen LogP contribution in [0, 0.1) is 6.92 Å². The van der Waals surface area contributed by atoms with Crippen LogP contribution in [0.1, 0.15) is 21.8 Å². The van der Waals surface area contributed by atoms with Crippen LogP contribution in [0.3, 0.4) is 0 Å². The van der Waals surface area contributed by atoms with Gasteiger partial charge in [-0.15, -0.1) is 0 Å². The summed E-state index contributed by atoms with van der Waals surface area (Å²) in [5, 5.41) is 0.653. The third-order valence-electron chi connectivity index (χ3n) is 3.26. The first-order valence-electron chi connectivity index (χ1n) is 7.06. The SMILES string of the molecule is Cc1cccc(C(=O)OCc2ncc(-c3ccc(Cl)cc3)o2)c1. The Morgan fingerprint density at radius 1 is 1.22 bits per heavy atom. The second-order valence-corrected chi connectivity index (χ2v) is 5.51. The summed E-state index contributed by atoms with van der Waals surface area (Å²) in [6.07, 6.45) is 1.60. The third kappa shape index (κ3) is 3.79. The summed E-state index contributed by atoms with van der Waals surface area (Å²) >= 11 is 5.85. The van der Waals surface area contributed by atoms with E-state index in [0.29, 0.717) is 22.2 Å². The van der Waals surface area contributed by atoms with E-state index in [1.807, 2.05) is 31.2 Å². The van der Waals surface area contributed by atoms with Crippen LogP contribution in [-0.2, 0) is 11.3 Å². The minimum absolute atomic E-state index is 0.0135. The number of carbonyl (C=O) groups excluding carboxylic acids is 1. The normalized spacial score (nSPS) is 10.5. The van der Waals surface area contributed by atoms with Crippen molar-refractivity contribution >= 4 is 17.6 Å². The van der Waals surface area contributed by atoms with Crippen molar-refractivity contribution in [2.75, 3.05) is 0 Å². The highest BCUT2D eigenvalue weighted by Crippen LogP contribution is 2.22. The molecule has 2 aromatic carbocycles. The Hall–Kier alpha value is -2.59. The van der Waals surface area contributed by atoms with Gasteiger partial charge >= 0.3 is 5.97 Å². The lowest BCUT2D eigenvalue weighted by molar-refractivity contribution is 0.0439. The maximum Gasteiger partial charge on any atom is 0.338 e. The highest BCUT2D eigenvalue weighted by Gasteiger charge is 2.11. The summed E-state index contributed by atoms with van der Waals surface area (Å²) in [5.74, 6) is 0.541. The largest absolute Gasteiger partial charge is 0.452 e. The smallest absolute Gasteiger partial charge is 0.338 e. The number of aromatic nitrogens is 1. The van der Waals surface area contributed by atoms with Crippen LogP contribution in [-0.4, -0.2) is 11.0 Å². The summed E-state index contributed by atoms with van der Waals surface area (Å²) in [7, 11) is 0. The fraction of sp³-hybridized carbons (Fsp3) is 0.111. The molecule has 116 valence electrons. The zero-order valence-electron chi connectivity index (χ0n) is 12.5. The summed E-state index contributed by atoms with van der Waals surface area (Å²) in [6.45, 7) is 1.91. The van der Waals surface area contributed by atoms with Crippen LogP contribution in [0.2, 0.25) is 5.02 Å². The van der Waals surface area contributed by atoms with Gasteiger partial charge in [0.25, 0.3) is 0 Å². The molecule has 23 heavy (non-hydrogen) atoms. The topological polar surface area (TPSA) is 52.3 Å². The molecule has 1 aromatic heterocycles. The molecule has 3 aromatic rings. The summed E-state index contributed by atoms with van der Waals surface area (Å²) in [4.78, 5) is 16.1. The van der Waals surface area contributed by atoms with Gasteiger partial charge in [0, 0.05) is 10.6 Å². The lowest BCUT2D eigenvalue weighted by atomic mass is 10.1. The summed E-state index contributed by atoms with van der Waals surface area (Å²) < 4.78 is 10.8. The van der Waals surface area contributed by atoms with Crippen molar-refractivity contribution in [2.24, 2.45) is 0 Å². The zero-order valence-corrected chi connectivity index (χ0v) is 13.2. The van der Waals surface area contributed by atoms with E-state index in [1.54, 1.807) is 30.5 Å². The van der Waals surface area contributed by atoms with Crippen molar-refractivity contribution in [1.29, 1.82) is 0 Å². The standard InChI is InChI=1S/C18H14ClNO3/c1-12-3-2-4-14(9-12)18(21)22-11-17-20-10-16(23-17)13-5-7-15(19)8-6-13/h2-10H,11H2,1H3. The number of aryl methyl sites for hydroxylation is 1. The van der Waals surface area contributed by atoms with E-state index in [2.05, 4.69) is 4.98 Å². The number of nitrogens with zero attached hydrogens (tertiary/aromatic N) is 1. The van der Waals surface area contributed by atoms with Gasteiger partial charge in [0.05, 0.1) is 11.8 Å². The molecule has 0 bridgehead atoms. The first kappa shape index (κ1) is 15.3. The van der Waals surface area contributed by atoms with Crippen LogP contribution in [0.15, 0.2) is 59.1 Å². The average Bonchev–Trinajstić information content (AvgIpc) is 3.02. The van der Waals surface area contributed by atoms with Crippen molar-refractivity contribution in [2.45, 2.75) is 13.5 Å². The number of oxazole rings is 1. The van der Waals surface area contributed by atoms with Gasteiger partial charge < -0.3 is 9.15 Å². The van der Waals surface area contributed by atoms with Gasteiger partial charge in [-0.25, -0.2) is 9.78 Å². The van der Waals surface area contributed by atoms with Crippen molar-refractivity contribution < 1.29 is 13.9 Å². The van der Waals surface area contributed by atoms with Crippen LogP contribution in [0.5, 0.6) is 0 Å². The fourth-order valence-electron chi connectivity index (χ4n) is 2.11. The van der Waals surface area contributed by atoms with Crippen LogP contribution < -0.4 is 0 Å². The predicted molar refractivity (Wildman–Crippen MR) is 87.2 cm³/mol. The molecule has 0 radical (unpaired) electrons. The monoisotopic (exact) mass is 327 g/mol. The van der Waals surface area contributed by atoms with Crippen molar-refractivity contribution in [3.05, 3.63) is 76.8 Å². The van der Waals surface area contributed by atoms with Gasteiger partial charge in [-0.05, 0) is 43.3 Å². The number of halogens is 1. The molecule has 0 N–H and O–H groups in total. The highest BCUT2D eigenvalue weighted by molar-refractivity contribution is 6.30. The highest BCUT2D eigenvalue weighted by atomic mass is 35.5. The molecule has 0 unspecified atom stereocenters. The van der Waals surface area contributed by atoms with Crippen molar-refractivity contribution in [3.8, 4) is 11.3 Å². The maximum atomic E-state index is 12.0. The second kappa shape index (κ2) is 6.67. The molecule has 4 nitrogen and oxygen atoms in total. The molecule has 1 heterocycles. The first-order chi connectivity index (χ1) is 11.1. The molecule has 0 saturated carbocycles. The van der Waals surface area contributed by atoms with Crippen LogP contribution in [0.25, 0.3) is 11.3 Å². The lowest BCUT2D eigenvalue weighted by Crippen LogP contribution is -2.05. The molecule has 0 fully saturated rings. The number of esters is 1. The number of hydrogen-bond acceptors (Lipinski definition) is 4. The van der Waals surface area contributed by atoms with E-state index in [9.17, 15) is 4.79 Å². The van der Waals surface area contributed by atoms with Gasteiger partial charge in [-0.2, -0.15) is 0 Å². The Labute approximate surface area is 138 Å². The molecule has 0 amide bonds. The van der Waals surface area contributed by atoms with Gasteiger partial charge in [-0.1, -0.05) is 29.3 Å². The molecule has 3 rings (SSSR count). The number of benzene rings is 2. The van der Waals surface area contributed by atoms with Gasteiger partial charge in [0.15, 0.2) is 12.4 Å². The number of ether oxygens (including phenoxy) is 1. The molecule has 0 aliphatic rings. The minimum atomic E-state index is -0.403. The molecule has 0 saturated heterocycles. The van der Waals surface area contributed by atoms with Gasteiger partial charge in [-0.3, -0.25) is 0 Å². The molecule has 0 spiro atoms. The molecular weight excluding hydrogens is 314 g/mol. The molecular formula is C18H14ClNO3. The lowest BCUT2D eigenvalue weighted by Gasteiger charge is -2.03. The number of rotatable bonds is 4. The number of carbonyl (C=O) groups is 1. The first-order valence-corrected chi connectivity index (χ1v) is 7.44. The van der Waals surface area contributed by atoms with E-state index in [0.717, 1.165) is 11.1 Å². The van der Waals surface area contributed by atoms with Crippen LogP contribution in [0.4, 0.5) is 0 Å². The molecule has 0 aliphatic carbocycles. The quantitative estimate of drug-likeness (QED) is 0.654. The molecule has 0 atom stereocenters. The van der Waals surface area contributed by atoms with E-state index in [1.165, 1.54) is 0 Å². The Morgan fingerprint density at radius 3 is 2.74 bits per heavy atom. The van der Waals surface area contributed by atoms with Crippen LogP contribution >= 0.6 is 11.6 Å². The predicted octanol–water partition coefficient (Wildman–Crippen LogP) is 4.66. The average molecular weight is 328 g/mol. The fourth-order valence-corrected chi connectivity index (χ4v) is 2.23. The Bertz CT molecular complexity index is 824. The zero-order chi connectivity index (χ0) is 16.2. The van der Waals surface area contributed by atoms with Gasteiger partial charge in [0.2, 0.25) is 5.89 Å². The molecule has 5 heteroatoms. The Kier molecular flexibility index (Phi) is 4.44. The summed E-state index contributed by atoms with van der Waals surface area (Å²) in [5.41, 5.74) is 2.37. The Morgan fingerprint density at radius 2 is 2.00 bits per heavy atom. The van der Waals surface area contributed by atoms with E-state index >= 15 is 0 Å². The second-order valence-electron chi connectivity index (χ2n) is 5.07. The Balaban J connectivity index is 1.65. The minimum Gasteiger partial charge on any atom is -0.452 e. The van der Waals surface area contributed by atoms with Crippen molar-refractivity contribution in [1.82, 2.24) is 4.98 Å². The van der Waals surface area contributed by atoms with Crippen molar-refractivity contribution in [3.63, 3.8) is 0 Å². The summed E-state index contributed by atoms with van der Waals surface area (Å²) in [6, 6.07) is 14.4. The van der Waals surface area contributed by atoms with E-state index in [4.69, 9.17) is 20.8 Å². The number of hydrogen-bond donors (Lipinski definition) is 0. The van der Waals surface area contributed by atoms with E-state index in [-0.39, 0.29) is 6.61 Å². The molecule has 0 aliphatic heterocycles. The third-order valence-corrected chi connectivity index (χ3v) is 3.51. The van der Waals surface area contributed by atoms with Gasteiger partial charge in [0.1, 0.15) is 0 Å².